The Hall–Kier alpha value is -2.21. The summed E-state index contributed by atoms with van der Waals surface area (Å²) in [6.45, 7) is 4.00. The van der Waals surface area contributed by atoms with Crippen LogP contribution >= 0.6 is 0 Å². The van der Waals surface area contributed by atoms with Crippen molar-refractivity contribution < 1.29 is 27.8 Å². The summed E-state index contributed by atoms with van der Waals surface area (Å²) in [7, 11) is 0. The van der Waals surface area contributed by atoms with Crippen LogP contribution in [0.3, 0.4) is 0 Å². The van der Waals surface area contributed by atoms with Crippen molar-refractivity contribution in [2.24, 2.45) is 0 Å². The number of aliphatic hydroxyl groups is 1. The molecule has 0 saturated heterocycles. The molecule has 6 heteroatoms. The fourth-order valence-electron chi connectivity index (χ4n) is 3.29. The van der Waals surface area contributed by atoms with Gasteiger partial charge in [-0.2, -0.15) is 13.2 Å². The number of benzene rings is 2. The Bertz CT molecular complexity index is 767. The molecule has 2 aromatic rings. The van der Waals surface area contributed by atoms with Crippen LogP contribution in [0.1, 0.15) is 42.9 Å². The summed E-state index contributed by atoms with van der Waals surface area (Å²) in [4.78, 5) is 0. The second kappa shape index (κ2) is 6.83. The topological polar surface area (TPSA) is 38.7 Å². The summed E-state index contributed by atoms with van der Waals surface area (Å²) in [5.74, 6) is 1.17. The molecule has 1 aliphatic rings. The molecule has 1 atom stereocenters. The number of fused-ring (bicyclic) bond motifs is 1. The fourth-order valence-corrected chi connectivity index (χ4v) is 3.29. The van der Waals surface area contributed by atoms with Gasteiger partial charge in [-0.25, -0.2) is 0 Å². The van der Waals surface area contributed by atoms with Gasteiger partial charge in [0.05, 0.1) is 12.2 Å². The third kappa shape index (κ3) is 3.96. The summed E-state index contributed by atoms with van der Waals surface area (Å²) in [5.41, 5.74) is 0.622. The molecule has 0 bridgehead atoms. The van der Waals surface area contributed by atoms with Crippen LogP contribution in [-0.2, 0) is 6.18 Å². The van der Waals surface area contributed by atoms with E-state index in [0.717, 1.165) is 23.3 Å². The van der Waals surface area contributed by atoms with Crippen LogP contribution in [0.5, 0.6) is 11.5 Å². The monoisotopic (exact) mass is 366 g/mol. The maximum absolute atomic E-state index is 12.8. The molecule has 0 aliphatic carbocycles. The summed E-state index contributed by atoms with van der Waals surface area (Å²) >= 11 is 0. The average molecular weight is 366 g/mol. The van der Waals surface area contributed by atoms with E-state index >= 15 is 0 Å². The van der Waals surface area contributed by atoms with Crippen molar-refractivity contribution >= 4 is 0 Å². The molecule has 0 amide bonds. The van der Waals surface area contributed by atoms with Gasteiger partial charge in [-0.1, -0.05) is 18.2 Å². The van der Waals surface area contributed by atoms with E-state index in [9.17, 15) is 13.2 Å². The number of ether oxygens (including phenoxy) is 2. The Kier molecular flexibility index (Phi) is 4.88. The predicted molar refractivity (Wildman–Crippen MR) is 91.6 cm³/mol. The quantitative estimate of drug-likeness (QED) is 0.847. The van der Waals surface area contributed by atoms with Crippen LogP contribution in [-0.4, -0.2) is 23.9 Å². The maximum Gasteiger partial charge on any atom is 0.416 e. The third-order valence-corrected chi connectivity index (χ3v) is 4.44. The van der Waals surface area contributed by atoms with Gasteiger partial charge < -0.3 is 14.6 Å². The fraction of sp³-hybridized carbons (Fsp3) is 0.400. The van der Waals surface area contributed by atoms with Crippen LogP contribution in [0, 0.1) is 0 Å². The van der Waals surface area contributed by atoms with E-state index in [2.05, 4.69) is 0 Å². The molecule has 0 saturated carbocycles. The molecule has 3 nitrogen and oxygen atoms in total. The highest BCUT2D eigenvalue weighted by Gasteiger charge is 2.36. The highest BCUT2D eigenvalue weighted by molar-refractivity contribution is 5.49. The van der Waals surface area contributed by atoms with Crippen molar-refractivity contribution in [1.29, 1.82) is 0 Å². The molecule has 0 aromatic heterocycles. The lowest BCUT2D eigenvalue weighted by atomic mass is 9.80. The van der Waals surface area contributed by atoms with Gasteiger partial charge in [0.25, 0.3) is 0 Å². The molecule has 0 spiro atoms. The van der Waals surface area contributed by atoms with E-state index < -0.39 is 17.3 Å². The molecule has 0 radical (unpaired) electrons. The lowest BCUT2D eigenvalue weighted by Gasteiger charge is -2.38. The van der Waals surface area contributed by atoms with E-state index in [0.29, 0.717) is 17.9 Å². The van der Waals surface area contributed by atoms with Crippen LogP contribution in [0.15, 0.2) is 42.5 Å². The first kappa shape index (κ1) is 18.6. The number of halogens is 3. The van der Waals surface area contributed by atoms with E-state index in [-0.39, 0.29) is 19.1 Å². The minimum atomic E-state index is -4.34. The molecule has 1 N–H and O–H groups in total. The number of rotatable bonds is 4. The Morgan fingerprint density at radius 3 is 2.46 bits per heavy atom. The molecule has 1 unspecified atom stereocenters. The van der Waals surface area contributed by atoms with Crippen LogP contribution in [0.4, 0.5) is 13.2 Å². The highest BCUT2D eigenvalue weighted by Crippen LogP contribution is 2.45. The standard InChI is InChI=1S/C20H21F3O3/c1-19(2)12-17(13-3-5-14(6-4-13)20(21,22)23)16-8-7-15(25-10-9-24)11-18(16)26-19/h3-8,11,17,24H,9-10,12H2,1-2H3. The summed E-state index contributed by atoms with van der Waals surface area (Å²) in [6.07, 6.45) is -3.69. The summed E-state index contributed by atoms with van der Waals surface area (Å²) < 4.78 is 49.9. The van der Waals surface area contributed by atoms with Crippen molar-refractivity contribution in [3.05, 3.63) is 59.2 Å². The van der Waals surface area contributed by atoms with Crippen molar-refractivity contribution in [3.8, 4) is 11.5 Å². The normalized spacial score (nSPS) is 18.8. The maximum atomic E-state index is 12.8. The molecule has 0 fully saturated rings. The average Bonchev–Trinajstić information content (AvgIpc) is 2.57. The zero-order valence-electron chi connectivity index (χ0n) is 14.6. The van der Waals surface area contributed by atoms with Crippen LogP contribution in [0.2, 0.25) is 0 Å². The van der Waals surface area contributed by atoms with E-state index in [1.807, 2.05) is 19.9 Å². The van der Waals surface area contributed by atoms with E-state index in [4.69, 9.17) is 14.6 Å². The van der Waals surface area contributed by atoms with Crippen LogP contribution < -0.4 is 9.47 Å². The zero-order chi connectivity index (χ0) is 18.9. The number of alkyl halides is 3. The molecule has 1 aliphatic heterocycles. The second-order valence-corrected chi connectivity index (χ2v) is 7.01. The third-order valence-electron chi connectivity index (χ3n) is 4.44. The molecule has 2 aromatic carbocycles. The van der Waals surface area contributed by atoms with Crippen molar-refractivity contribution in [2.75, 3.05) is 13.2 Å². The van der Waals surface area contributed by atoms with Gasteiger partial charge in [-0.15, -0.1) is 0 Å². The SMILES string of the molecule is CC1(C)CC(c2ccc(C(F)(F)F)cc2)c2ccc(OCCO)cc2O1. The lowest BCUT2D eigenvalue weighted by molar-refractivity contribution is -0.137. The number of hydrogen-bond donors (Lipinski definition) is 1. The highest BCUT2D eigenvalue weighted by atomic mass is 19.4. The molecule has 1 heterocycles. The van der Waals surface area contributed by atoms with Crippen molar-refractivity contribution in [2.45, 2.75) is 38.0 Å². The van der Waals surface area contributed by atoms with Gasteiger partial charge in [-0.05, 0) is 44.0 Å². The zero-order valence-corrected chi connectivity index (χ0v) is 14.6. The largest absolute Gasteiger partial charge is 0.491 e. The summed E-state index contributed by atoms with van der Waals surface area (Å²) in [6, 6.07) is 10.7. The Morgan fingerprint density at radius 2 is 1.85 bits per heavy atom. The van der Waals surface area contributed by atoms with Crippen molar-refractivity contribution in [3.63, 3.8) is 0 Å². The van der Waals surface area contributed by atoms with Gasteiger partial charge >= 0.3 is 6.18 Å². The molecule has 26 heavy (non-hydrogen) atoms. The second-order valence-electron chi connectivity index (χ2n) is 7.01. The Morgan fingerprint density at radius 1 is 1.15 bits per heavy atom. The lowest BCUT2D eigenvalue weighted by Crippen LogP contribution is -2.35. The van der Waals surface area contributed by atoms with Gasteiger partial charge in [0.15, 0.2) is 0 Å². The first-order chi connectivity index (χ1) is 12.2. The summed E-state index contributed by atoms with van der Waals surface area (Å²) in [5, 5.41) is 8.88. The first-order valence-electron chi connectivity index (χ1n) is 8.43. The van der Waals surface area contributed by atoms with E-state index in [1.54, 1.807) is 12.1 Å². The minimum absolute atomic E-state index is 0.0667. The van der Waals surface area contributed by atoms with Gasteiger partial charge in [0.2, 0.25) is 0 Å². The molecular weight excluding hydrogens is 345 g/mol. The smallest absolute Gasteiger partial charge is 0.416 e. The van der Waals surface area contributed by atoms with E-state index in [1.165, 1.54) is 12.1 Å². The number of hydrogen-bond acceptors (Lipinski definition) is 3. The van der Waals surface area contributed by atoms with Crippen LogP contribution in [0.25, 0.3) is 0 Å². The van der Waals surface area contributed by atoms with Gasteiger partial charge in [0.1, 0.15) is 23.7 Å². The Balaban J connectivity index is 1.96. The first-order valence-corrected chi connectivity index (χ1v) is 8.43. The molecular formula is C20H21F3O3. The Labute approximate surface area is 150 Å². The number of aliphatic hydroxyl groups excluding tert-OH is 1. The van der Waals surface area contributed by atoms with Gasteiger partial charge in [-0.3, -0.25) is 0 Å². The predicted octanol–water partition coefficient (Wildman–Crippen LogP) is 4.77. The van der Waals surface area contributed by atoms with Crippen molar-refractivity contribution in [1.82, 2.24) is 0 Å². The molecule has 3 rings (SSSR count). The van der Waals surface area contributed by atoms with Gasteiger partial charge in [0, 0.05) is 17.5 Å². The minimum Gasteiger partial charge on any atom is -0.491 e. The molecule has 140 valence electrons.